The summed E-state index contributed by atoms with van der Waals surface area (Å²) in [7, 11) is 1.71. The van der Waals surface area contributed by atoms with Crippen LogP contribution < -0.4 is 5.32 Å². The summed E-state index contributed by atoms with van der Waals surface area (Å²) < 4.78 is 0. The minimum absolute atomic E-state index is 0.0253. The van der Waals surface area contributed by atoms with Gasteiger partial charge in [-0.05, 0) is 12.1 Å². The minimum atomic E-state index is -0.200. The highest BCUT2D eigenvalue weighted by Crippen LogP contribution is 2.04. The summed E-state index contributed by atoms with van der Waals surface area (Å²) in [6, 6.07) is 3.35. The Bertz CT molecular complexity index is 422. The highest BCUT2D eigenvalue weighted by molar-refractivity contribution is 5.92. The van der Waals surface area contributed by atoms with Gasteiger partial charge in [0.1, 0.15) is 0 Å². The lowest BCUT2D eigenvalue weighted by molar-refractivity contribution is -0.125. The zero-order valence-electron chi connectivity index (χ0n) is 9.46. The van der Waals surface area contributed by atoms with Crippen molar-refractivity contribution in [2.45, 2.75) is 0 Å². The maximum absolute atomic E-state index is 11.6. The number of carbonyl (C=O) groups is 2. The molecule has 1 aliphatic heterocycles. The van der Waals surface area contributed by atoms with E-state index in [1.54, 1.807) is 29.0 Å². The van der Waals surface area contributed by atoms with Crippen molar-refractivity contribution in [3.63, 3.8) is 0 Å². The third-order valence-corrected chi connectivity index (χ3v) is 2.40. The molecular formula is C10H13N5O2. The Labute approximate surface area is 98.4 Å². The number of nitrogens with zero attached hydrogens (tertiary/aromatic N) is 4. The van der Waals surface area contributed by atoms with Gasteiger partial charge in [0.2, 0.25) is 11.8 Å². The average molecular weight is 235 g/mol. The van der Waals surface area contributed by atoms with Crippen molar-refractivity contribution in [2.24, 2.45) is 0 Å². The minimum Gasteiger partial charge on any atom is -0.332 e. The largest absolute Gasteiger partial charge is 0.332 e. The molecule has 0 saturated carbocycles. The van der Waals surface area contributed by atoms with Crippen molar-refractivity contribution in [3.05, 3.63) is 18.3 Å². The fourth-order valence-corrected chi connectivity index (χ4v) is 1.60. The Morgan fingerprint density at radius 3 is 3.00 bits per heavy atom. The van der Waals surface area contributed by atoms with Gasteiger partial charge in [0, 0.05) is 13.2 Å². The first-order chi connectivity index (χ1) is 8.15. The number of aromatic nitrogens is 2. The maximum Gasteiger partial charge on any atom is 0.239 e. The molecule has 1 N–H and O–H groups in total. The van der Waals surface area contributed by atoms with Crippen LogP contribution in [0.3, 0.4) is 0 Å². The quantitative estimate of drug-likeness (QED) is 0.738. The molecule has 1 fully saturated rings. The van der Waals surface area contributed by atoms with Gasteiger partial charge in [-0.15, -0.1) is 5.10 Å². The molecule has 17 heavy (non-hydrogen) atoms. The van der Waals surface area contributed by atoms with Crippen LogP contribution in [0.15, 0.2) is 18.3 Å². The lowest BCUT2D eigenvalue weighted by atomic mass is 10.4. The molecule has 1 aromatic heterocycles. The Kier molecular flexibility index (Phi) is 3.29. The maximum atomic E-state index is 11.6. The van der Waals surface area contributed by atoms with E-state index in [4.69, 9.17) is 0 Å². The number of hydrogen-bond acceptors (Lipinski definition) is 5. The van der Waals surface area contributed by atoms with Crippen molar-refractivity contribution in [1.82, 2.24) is 20.0 Å². The topological polar surface area (TPSA) is 78.4 Å². The van der Waals surface area contributed by atoms with E-state index in [0.717, 1.165) is 0 Å². The average Bonchev–Trinajstić information content (AvgIpc) is 2.59. The van der Waals surface area contributed by atoms with E-state index in [2.05, 4.69) is 15.5 Å². The first-order valence-electron chi connectivity index (χ1n) is 5.19. The summed E-state index contributed by atoms with van der Waals surface area (Å²) in [6.07, 6.45) is 1.53. The second-order valence-corrected chi connectivity index (χ2v) is 3.88. The molecule has 0 aromatic carbocycles. The van der Waals surface area contributed by atoms with Gasteiger partial charge < -0.3 is 10.2 Å². The Morgan fingerprint density at radius 1 is 1.59 bits per heavy atom. The Hall–Kier alpha value is -2.02. The third kappa shape index (κ3) is 2.97. The SMILES string of the molecule is CN1CN(CC(=O)Nc2cccnn2)CC1=O. The van der Waals surface area contributed by atoms with Crippen LogP contribution in [0.5, 0.6) is 0 Å². The number of carbonyl (C=O) groups excluding carboxylic acids is 2. The van der Waals surface area contributed by atoms with Gasteiger partial charge in [-0.2, -0.15) is 5.10 Å². The summed E-state index contributed by atoms with van der Waals surface area (Å²) in [5.74, 6) is 0.238. The van der Waals surface area contributed by atoms with Crippen LogP contribution in [0, 0.1) is 0 Å². The normalized spacial score (nSPS) is 16.3. The lowest BCUT2D eigenvalue weighted by Gasteiger charge is -2.13. The smallest absolute Gasteiger partial charge is 0.239 e. The van der Waals surface area contributed by atoms with E-state index < -0.39 is 0 Å². The van der Waals surface area contributed by atoms with E-state index >= 15 is 0 Å². The van der Waals surface area contributed by atoms with Gasteiger partial charge in [0.15, 0.2) is 5.82 Å². The molecule has 0 atom stereocenters. The van der Waals surface area contributed by atoms with Gasteiger partial charge in [-0.25, -0.2) is 0 Å². The fourth-order valence-electron chi connectivity index (χ4n) is 1.60. The highest BCUT2D eigenvalue weighted by atomic mass is 16.2. The summed E-state index contributed by atoms with van der Waals surface area (Å²) in [5.41, 5.74) is 0. The predicted octanol–water partition coefficient (Wildman–Crippen LogP) is -0.853. The number of hydrogen-bond donors (Lipinski definition) is 1. The van der Waals surface area contributed by atoms with Crippen LogP contribution in [-0.2, 0) is 9.59 Å². The predicted molar refractivity (Wildman–Crippen MR) is 59.9 cm³/mol. The zero-order valence-corrected chi connectivity index (χ0v) is 9.46. The zero-order chi connectivity index (χ0) is 12.3. The van der Waals surface area contributed by atoms with E-state index in [-0.39, 0.29) is 24.9 Å². The van der Waals surface area contributed by atoms with E-state index in [1.165, 1.54) is 6.20 Å². The number of nitrogens with one attached hydrogen (secondary N) is 1. The first kappa shape index (κ1) is 11.5. The van der Waals surface area contributed by atoms with E-state index in [0.29, 0.717) is 12.5 Å². The molecule has 1 saturated heterocycles. The number of anilines is 1. The van der Waals surface area contributed by atoms with Crippen LogP contribution in [-0.4, -0.2) is 58.6 Å². The standard InChI is InChI=1S/C10H13N5O2/c1-14-7-15(6-10(14)17)5-9(16)12-8-3-2-4-11-13-8/h2-4H,5-7H2,1H3,(H,12,13,16). The van der Waals surface area contributed by atoms with Crippen LogP contribution >= 0.6 is 0 Å². The van der Waals surface area contributed by atoms with Crippen molar-refractivity contribution in [1.29, 1.82) is 0 Å². The summed E-state index contributed by atoms with van der Waals surface area (Å²) >= 11 is 0. The summed E-state index contributed by atoms with van der Waals surface area (Å²) in [5, 5.41) is 10.0. The Morgan fingerprint density at radius 2 is 2.41 bits per heavy atom. The molecule has 0 unspecified atom stereocenters. The first-order valence-corrected chi connectivity index (χ1v) is 5.19. The molecule has 7 heteroatoms. The summed E-state index contributed by atoms with van der Waals surface area (Å²) in [6.45, 7) is 0.934. The van der Waals surface area contributed by atoms with E-state index in [1.807, 2.05) is 0 Å². The van der Waals surface area contributed by atoms with Crippen molar-refractivity contribution in [2.75, 3.05) is 32.1 Å². The lowest BCUT2D eigenvalue weighted by Crippen LogP contribution is -2.32. The molecule has 0 bridgehead atoms. The molecule has 2 rings (SSSR count). The monoisotopic (exact) mass is 235 g/mol. The highest BCUT2D eigenvalue weighted by Gasteiger charge is 2.25. The molecule has 7 nitrogen and oxygen atoms in total. The van der Waals surface area contributed by atoms with Crippen molar-refractivity contribution >= 4 is 17.6 Å². The van der Waals surface area contributed by atoms with E-state index in [9.17, 15) is 9.59 Å². The van der Waals surface area contributed by atoms with Crippen LogP contribution in [0.2, 0.25) is 0 Å². The van der Waals surface area contributed by atoms with Crippen LogP contribution in [0.4, 0.5) is 5.82 Å². The number of amides is 2. The van der Waals surface area contributed by atoms with Gasteiger partial charge in [-0.3, -0.25) is 14.5 Å². The Balaban J connectivity index is 1.84. The molecule has 2 heterocycles. The second kappa shape index (κ2) is 4.88. The van der Waals surface area contributed by atoms with Gasteiger partial charge in [0.05, 0.1) is 19.8 Å². The molecule has 0 spiro atoms. The van der Waals surface area contributed by atoms with Gasteiger partial charge in [0.25, 0.3) is 0 Å². The van der Waals surface area contributed by atoms with Gasteiger partial charge >= 0.3 is 0 Å². The molecular weight excluding hydrogens is 222 g/mol. The number of likely N-dealkylation sites (N-methyl/N-ethyl adjacent to an activating group) is 1. The van der Waals surface area contributed by atoms with Crippen molar-refractivity contribution in [3.8, 4) is 0 Å². The molecule has 1 aromatic rings. The second-order valence-electron chi connectivity index (χ2n) is 3.88. The molecule has 0 radical (unpaired) electrons. The fraction of sp³-hybridized carbons (Fsp3) is 0.400. The van der Waals surface area contributed by atoms with Gasteiger partial charge in [-0.1, -0.05) is 0 Å². The van der Waals surface area contributed by atoms with Crippen LogP contribution in [0.1, 0.15) is 0 Å². The molecule has 90 valence electrons. The van der Waals surface area contributed by atoms with Crippen molar-refractivity contribution < 1.29 is 9.59 Å². The van der Waals surface area contributed by atoms with Crippen LogP contribution in [0.25, 0.3) is 0 Å². The molecule has 2 amide bonds. The summed E-state index contributed by atoms with van der Waals surface area (Å²) in [4.78, 5) is 26.2. The molecule has 1 aliphatic rings. The third-order valence-electron chi connectivity index (χ3n) is 2.40. The molecule has 0 aliphatic carbocycles. The number of rotatable bonds is 3.